The fourth-order valence-corrected chi connectivity index (χ4v) is 5.32. The number of carbonyl (C=O) groups excluding carboxylic acids is 2. The maximum absolute atomic E-state index is 13.6. The molecule has 0 unspecified atom stereocenters. The molecule has 0 bridgehead atoms. The highest BCUT2D eigenvalue weighted by molar-refractivity contribution is 5.89. The van der Waals surface area contributed by atoms with Crippen LogP contribution in [0.3, 0.4) is 0 Å². The van der Waals surface area contributed by atoms with Crippen LogP contribution < -0.4 is 5.32 Å². The topological polar surface area (TPSA) is 52.7 Å². The average molecular weight is 428 g/mol. The number of carbonyl (C=O) groups is 2. The largest absolute Gasteiger partial charge is 0.338 e. The van der Waals surface area contributed by atoms with Gasteiger partial charge in [0.15, 0.2) is 0 Å². The van der Waals surface area contributed by atoms with Crippen molar-refractivity contribution in [2.45, 2.75) is 70.9 Å². The van der Waals surface area contributed by atoms with Crippen molar-refractivity contribution in [3.05, 3.63) is 35.9 Å². The van der Waals surface area contributed by atoms with Crippen molar-refractivity contribution in [2.24, 2.45) is 11.8 Å². The molecule has 1 aromatic rings. The molecule has 172 valence electrons. The summed E-state index contributed by atoms with van der Waals surface area (Å²) in [6.45, 7) is 8.00. The third-order valence-electron chi connectivity index (χ3n) is 7.37. The highest BCUT2D eigenvalue weighted by atomic mass is 16.2. The Bertz CT molecular complexity index is 708. The summed E-state index contributed by atoms with van der Waals surface area (Å²) in [6, 6.07) is 10.8. The Kier molecular flexibility index (Phi) is 9.09. The van der Waals surface area contributed by atoms with Crippen molar-refractivity contribution in [1.82, 2.24) is 15.1 Å². The monoisotopic (exact) mass is 427 g/mol. The standard InChI is InChI=1S/C26H41N3O2/c1-4-9-23(18-25(30)20(2)27-3)26(31)29-17-14-22-12-8-15-28(19-24(22)29)16-13-21-10-6-5-7-11-21/h5-7,10-11,20,22-24,27H,4,8-9,12-19H2,1-3H3/t20-,22+,23+,24+/m0/s1. The highest BCUT2D eigenvalue weighted by Gasteiger charge is 2.41. The van der Waals surface area contributed by atoms with Gasteiger partial charge in [-0.15, -0.1) is 0 Å². The number of ketones is 1. The molecule has 0 radical (unpaired) electrons. The van der Waals surface area contributed by atoms with Crippen LogP contribution in [0.4, 0.5) is 0 Å². The van der Waals surface area contributed by atoms with Crippen LogP contribution in [0.5, 0.6) is 0 Å². The fraction of sp³-hybridized carbons (Fsp3) is 0.692. The summed E-state index contributed by atoms with van der Waals surface area (Å²) in [5.41, 5.74) is 1.38. The van der Waals surface area contributed by atoms with Crippen molar-refractivity contribution >= 4 is 11.7 Å². The van der Waals surface area contributed by atoms with Gasteiger partial charge in [0.05, 0.1) is 6.04 Å². The average Bonchev–Trinajstić information content (AvgIpc) is 3.07. The van der Waals surface area contributed by atoms with E-state index in [2.05, 4.69) is 52.4 Å². The molecule has 4 atom stereocenters. The molecule has 0 spiro atoms. The lowest BCUT2D eigenvalue weighted by atomic mass is 9.92. The summed E-state index contributed by atoms with van der Waals surface area (Å²) in [4.78, 5) is 30.8. The molecule has 0 aliphatic carbocycles. The molecule has 31 heavy (non-hydrogen) atoms. The number of fused-ring (bicyclic) bond motifs is 1. The highest BCUT2D eigenvalue weighted by Crippen LogP contribution is 2.33. The number of likely N-dealkylation sites (tertiary alicyclic amines) is 2. The fourth-order valence-electron chi connectivity index (χ4n) is 5.32. The molecule has 3 rings (SSSR count). The Morgan fingerprint density at radius 2 is 1.94 bits per heavy atom. The van der Waals surface area contributed by atoms with E-state index in [1.54, 1.807) is 7.05 Å². The molecule has 2 aliphatic rings. The molecule has 1 N–H and O–H groups in total. The second-order valence-corrected chi connectivity index (χ2v) is 9.49. The first-order valence-corrected chi connectivity index (χ1v) is 12.3. The van der Waals surface area contributed by atoms with Crippen LogP contribution in [-0.2, 0) is 16.0 Å². The van der Waals surface area contributed by atoms with Gasteiger partial charge in [0.2, 0.25) is 5.91 Å². The number of nitrogens with one attached hydrogen (secondary N) is 1. The maximum atomic E-state index is 13.6. The lowest BCUT2D eigenvalue weighted by Gasteiger charge is -2.33. The van der Waals surface area contributed by atoms with Crippen molar-refractivity contribution in [2.75, 3.05) is 33.2 Å². The van der Waals surface area contributed by atoms with Gasteiger partial charge in [-0.2, -0.15) is 0 Å². The summed E-state index contributed by atoms with van der Waals surface area (Å²) >= 11 is 0. The lowest BCUT2D eigenvalue weighted by molar-refractivity contribution is -0.139. The van der Waals surface area contributed by atoms with E-state index in [0.717, 1.165) is 51.9 Å². The predicted molar refractivity (Wildman–Crippen MR) is 126 cm³/mol. The number of hydrogen-bond acceptors (Lipinski definition) is 4. The first kappa shape index (κ1) is 23.9. The lowest BCUT2D eigenvalue weighted by Crippen LogP contribution is -2.47. The summed E-state index contributed by atoms with van der Waals surface area (Å²) in [5.74, 6) is 0.805. The van der Waals surface area contributed by atoms with E-state index in [0.29, 0.717) is 18.4 Å². The molecule has 2 fully saturated rings. The summed E-state index contributed by atoms with van der Waals surface area (Å²) in [6.07, 6.45) is 6.69. The molecule has 0 saturated carbocycles. The molecule has 2 saturated heterocycles. The smallest absolute Gasteiger partial charge is 0.226 e. The Morgan fingerprint density at radius 1 is 1.16 bits per heavy atom. The molecule has 0 aromatic heterocycles. The first-order chi connectivity index (χ1) is 15.0. The van der Waals surface area contributed by atoms with Crippen LogP contribution >= 0.6 is 0 Å². The summed E-state index contributed by atoms with van der Waals surface area (Å²) < 4.78 is 0. The van der Waals surface area contributed by atoms with Gasteiger partial charge in [-0.1, -0.05) is 43.7 Å². The predicted octanol–water partition coefficient (Wildman–Crippen LogP) is 3.53. The Balaban J connectivity index is 1.64. The van der Waals surface area contributed by atoms with Gasteiger partial charge in [0.1, 0.15) is 5.78 Å². The molecular weight excluding hydrogens is 386 g/mol. The number of likely N-dealkylation sites (N-methyl/N-ethyl adjacent to an activating group) is 1. The Hall–Kier alpha value is -1.72. The van der Waals surface area contributed by atoms with E-state index in [1.165, 1.54) is 18.4 Å². The summed E-state index contributed by atoms with van der Waals surface area (Å²) in [5, 5.41) is 3.03. The van der Waals surface area contributed by atoms with Gasteiger partial charge < -0.3 is 15.1 Å². The van der Waals surface area contributed by atoms with Gasteiger partial charge in [-0.05, 0) is 64.1 Å². The zero-order chi connectivity index (χ0) is 22.2. The number of rotatable bonds is 10. The first-order valence-electron chi connectivity index (χ1n) is 12.3. The van der Waals surface area contributed by atoms with Gasteiger partial charge in [-0.3, -0.25) is 9.59 Å². The Labute approximate surface area is 188 Å². The summed E-state index contributed by atoms with van der Waals surface area (Å²) in [7, 11) is 1.81. The number of nitrogens with zero attached hydrogens (tertiary/aromatic N) is 2. The third kappa shape index (κ3) is 6.39. The maximum Gasteiger partial charge on any atom is 0.226 e. The second-order valence-electron chi connectivity index (χ2n) is 9.49. The van der Waals surface area contributed by atoms with Crippen LogP contribution in [0.25, 0.3) is 0 Å². The van der Waals surface area contributed by atoms with E-state index in [4.69, 9.17) is 0 Å². The van der Waals surface area contributed by atoms with E-state index >= 15 is 0 Å². The van der Waals surface area contributed by atoms with Gasteiger partial charge in [-0.25, -0.2) is 0 Å². The van der Waals surface area contributed by atoms with Crippen molar-refractivity contribution in [3.63, 3.8) is 0 Å². The normalized spacial score (nSPS) is 23.8. The SMILES string of the molecule is CCC[C@H](CC(=O)[C@H](C)NC)C(=O)N1CC[C@H]2CCCN(CCc3ccccc3)C[C@H]21. The van der Waals surface area contributed by atoms with E-state index in [9.17, 15) is 9.59 Å². The van der Waals surface area contributed by atoms with Crippen LogP contribution in [0, 0.1) is 11.8 Å². The minimum atomic E-state index is -0.190. The Morgan fingerprint density at radius 3 is 2.65 bits per heavy atom. The number of hydrogen-bond donors (Lipinski definition) is 1. The molecule has 2 aliphatic heterocycles. The second kappa shape index (κ2) is 11.8. The van der Waals surface area contributed by atoms with E-state index in [-0.39, 0.29) is 23.7 Å². The third-order valence-corrected chi connectivity index (χ3v) is 7.37. The van der Waals surface area contributed by atoms with Crippen molar-refractivity contribution < 1.29 is 9.59 Å². The van der Waals surface area contributed by atoms with Gasteiger partial charge in [0.25, 0.3) is 0 Å². The van der Waals surface area contributed by atoms with E-state index < -0.39 is 0 Å². The molecule has 2 heterocycles. The molecule has 5 heteroatoms. The zero-order valence-corrected chi connectivity index (χ0v) is 19.7. The van der Waals surface area contributed by atoms with Crippen molar-refractivity contribution in [3.8, 4) is 0 Å². The minimum Gasteiger partial charge on any atom is -0.338 e. The molecule has 5 nitrogen and oxygen atoms in total. The quantitative estimate of drug-likeness (QED) is 0.621. The number of Topliss-reactive ketones (excluding diaryl/α,β-unsaturated/α-hetero) is 1. The number of amides is 1. The van der Waals surface area contributed by atoms with Crippen LogP contribution in [0.2, 0.25) is 0 Å². The number of benzene rings is 1. The molecule has 1 amide bonds. The van der Waals surface area contributed by atoms with Crippen LogP contribution in [0.15, 0.2) is 30.3 Å². The minimum absolute atomic E-state index is 0.149. The van der Waals surface area contributed by atoms with Crippen molar-refractivity contribution in [1.29, 1.82) is 0 Å². The van der Waals surface area contributed by atoms with Crippen LogP contribution in [-0.4, -0.2) is 66.8 Å². The molecule has 1 aromatic carbocycles. The van der Waals surface area contributed by atoms with Crippen LogP contribution in [0.1, 0.15) is 57.9 Å². The zero-order valence-electron chi connectivity index (χ0n) is 19.7. The molecular formula is C26H41N3O2. The van der Waals surface area contributed by atoms with Gasteiger partial charge in [0, 0.05) is 38.0 Å². The van der Waals surface area contributed by atoms with Gasteiger partial charge >= 0.3 is 0 Å². The van der Waals surface area contributed by atoms with E-state index in [1.807, 2.05) is 6.92 Å².